The molecule has 2 N–H and O–H groups in total. The van der Waals surface area contributed by atoms with Crippen molar-refractivity contribution >= 4 is 5.91 Å². The molecule has 0 aromatic carbocycles. The molecule has 0 spiro atoms. The highest BCUT2D eigenvalue weighted by atomic mass is 16.2. The number of likely N-dealkylation sites (N-methyl/N-ethyl adjacent to an activating group) is 1. The van der Waals surface area contributed by atoms with Crippen LogP contribution in [0.5, 0.6) is 0 Å². The van der Waals surface area contributed by atoms with E-state index in [1.807, 2.05) is 42.0 Å². The molecular weight excluding hydrogens is 252 g/mol. The summed E-state index contributed by atoms with van der Waals surface area (Å²) in [5.74, 6) is 0.187. The van der Waals surface area contributed by atoms with Crippen LogP contribution >= 0.6 is 0 Å². The third kappa shape index (κ3) is 3.55. The fourth-order valence-corrected chi connectivity index (χ4v) is 2.83. The molecule has 0 aliphatic carbocycles. The number of carbonyl (C=O) groups is 1. The highest BCUT2D eigenvalue weighted by Crippen LogP contribution is 2.20. The number of nitrogens with two attached hydrogens (primary N) is 1. The Hall–Kier alpha value is -1.46. The molecule has 0 bridgehead atoms. The smallest absolute Gasteiger partial charge is 0.236 e. The van der Waals surface area contributed by atoms with Crippen molar-refractivity contribution in [2.24, 2.45) is 5.73 Å². The van der Waals surface area contributed by atoms with Gasteiger partial charge in [-0.05, 0) is 38.9 Å². The maximum atomic E-state index is 12.2. The van der Waals surface area contributed by atoms with Gasteiger partial charge in [0.05, 0.1) is 18.3 Å². The average Bonchev–Trinajstić information content (AvgIpc) is 2.93. The van der Waals surface area contributed by atoms with Crippen LogP contribution in [0.25, 0.3) is 0 Å². The van der Waals surface area contributed by atoms with E-state index in [4.69, 9.17) is 5.73 Å². The fraction of sp³-hybridized carbons (Fsp3) is 0.600. The summed E-state index contributed by atoms with van der Waals surface area (Å²) >= 11 is 0. The number of rotatable bonds is 5. The maximum Gasteiger partial charge on any atom is 0.236 e. The second-order valence-corrected chi connectivity index (χ2v) is 5.56. The van der Waals surface area contributed by atoms with Crippen molar-refractivity contribution in [1.82, 2.24) is 14.8 Å². The van der Waals surface area contributed by atoms with Crippen LogP contribution < -0.4 is 5.73 Å². The molecule has 1 aromatic rings. The van der Waals surface area contributed by atoms with Crippen molar-refractivity contribution in [3.63, 3.8) is 0 Å². The topological polar surface area (TPSA) is 62.5 Å². The van der Waals surface area contributed by atoms with E-state index < -0.39 is 0 Å². The molecule has 1 fully saturated rings. The van der Waals surface area contributed by atoms with Gasteiger partial charge in [0.2, 0.25) is 5.91 Å². The Bertz CT molecular complexity index is 429. The summed E-state index contributed by atoms with van der Waals surface area (Å²) in [4.78, 5) is 20.6. The Kier molecular flexibility index (Phi) is 5.09. The zero-order valence-corrected chi connectivity index (χ0v) is 12.3. The van der Waals surface area contributed by atoms with Gasteiger partial charge in [-0.3, -0.25) is 14.7 Å². The van der Waals surface area contributed by atoms with Crippen LogP contribution in [0.2, 0.25) is 0 Å². The van der Waals surface area contributed by atoms with Crippen molar-refractivity contribution in [1.29, 1.82) is 0 Å². The van der Waals surface area contributed by atoms with Gasteiger partial charge < -0.3 is 10.6 Å². The molecule has 1 aromatic heterocycles. The lowest BCUT2D eigenvalue weighted by Crippen LogP contribution is -2.43. The minimum absolute atomic E-state index is 0.0391. The van der Waals surface area contributed by atoms with E-state index in [1.54, 1.807) is 6.20 Å². The van der Waals surface area contributed by atoms with Crippen LogP contribution in [0.15, 0.2) is 24.4 Å². The second kappa shape index (κ2) is 6.81. The van der Waals surface area contributed by atoms with E-state index in [0.717, 1.165) is 31.6 Å². The van der Waals surface area contributed by atoms with Crippen LogP contribution in [0.3, 0.4) is 0 Å². The molecule has 0 radical (unpaired) electrons. The maximum absolute atomic E-state index is 12.2. The van der Waals surface area contributed by atoms with Crippen molar-refractivity contribution < 1.29 is 4.79 Å². The molecule has 2 heterocycles. The molecule has 1 saturated heterocycles. The number of amides is 1. The first-order valence-electron chi connectivity index (χ1n) is 7.24. The SMILES string of the molecule is CC(N)C(c1ccccn1)N(C)CC(=O)N1CCCC1. The average molecular weight is 276 g/mol. The Morgan fingerprint density at radius 2 is 2.15 bits per heavy atom. The number of hydrogen-bond acceptors (Lipinski definition) is 4. The highest BCUT2D eigenvalue weighted by Gasteiger charge is 2.26. The largest absolute Gasteiger partial charge is 0.342 e. The van der Waals surface area contributed by atoms with Crippen LogP contribution in [0.4, 0.5) is 0 Å². The Morgan fingerprint density at radius 3 is 2.70 bits per heavy atom. The number of nitrogens with zero attached hydrogens (tertiary/aromatic N) is 3. The third-order valence-corrected chi connectivity index (χ3v) is 3.81. The minimum Gasteiger partial charge on any atom is -0.342 e. The molecule has 0 saturated carbocycles. The Morgan fingerprint density at radius 1 is 1.45 bits per heavy atom. The number of likely N-dealkylation sites (tertiary alicyclic amines) is 1. The van der Waals surface area contributed by atoms with E-state index >= 15 is 0 Å². The molecule has 5 nitrogen and oxygen atoms in total. The van der Waals surface area contributed by atoms with Crippen molar-refractivity contribution in [2.75, 3.05) is 26.7 Å². The standard InChI is InChI=1S/C15H24N4O/c1-12(16)15(13-7-3-4-8-17-13)18(2)11-14(20)19-9-5-6-10-19/h3-4,7-8,12,15H,5-6,9-11,16H2,1-2H3. The summed E-state index contributed by atoms with van der Waals surface area (Å²) in [5, 5.41) is 0. The lowest BCUT2D eigenvalue weighted by Gasteiger charge is -2.31. The van der Waals surface area contributed by atoms with Gasteiger partial charge in [0.25, 0.3) is 0 Å². The van der Waals surface area contributed by atoms with E-state index in [2.05, 4.69) is 4.98 Å². The first-order chi connectivity index (χ1) is 9.59. The van der Waals surface area contributed by atoms with E-state index in [0.29, 0.717) is 6.54 Å². The summed E-state index contributed by atoms with van der Waals surface area (Å²) in [6.45, 7) is 4.12. The first kappa shape index (κ1) is 14.9. The molecule has 2 atom stereocenters. The first-order valence-corrected chi connectivity index (χ1v) is 7.24. The monoisotopic (exact) mass is 276 g/mol. The van der Waals surface area contributed by atoms with Gasteiger partial charge in [-0.15, -0.1) is 0 Å². The van der Waals surface area contributed by atoms with Gasteiger partial charge in [-0.25, -0.2) is 0 Å². The molecule has 2 unspecified atom stereocenters. The van der Waals surface area contributed by atoms with Crippen LogP contribution in [0, 0.1) is 0 Å². The summed E-state index contributed by atoms with van der Waals surface area (Å²) in [5.41, 5.74) is 7.01. The zero-order chi connectivity index (χ0) is 14.5. The van der Waals surface area contributed by atoms with E-state index in [1.165, 1.54) is 0 Å². The van der Waals surface area contributed by atoms with Crippen LogP contribution in [0.1, 0.15) is 31.5 Å². The van der Waals surface area contributed by atoms with Crippen LogP contribution in [-0.2, 0) is 4.79 Å². The quantitative estimate of drug-likeness (QED) is 0.872. The number of aromatic nitrogens is 1. The Labute approximate surface area is 120 Å². The molecule has 110 valence electrons. The predicted molar refractivity (Wildman–Crippen MR) is 79.1 cm³/mol. The molecule has 1 aliphatic heterocycles. The van der Waals surface area contributed by atoms with Crippen molar-refractivity contribution in [3.05, 3.63) is 30.1 Å². The molecule has 20 heavy (non-hydrogen) atoms. The molecule has 2 rings (SSSR count). The Balaban J connectivity index is 2.04. The zero-order valence-electron chi connectivity index (χ0n) is 12.3. The summed E-state index contributed by atoms with van der Waals surface area (Å²) in [7, 11) is 1.94. The lowest BCUT2D eigenvalue weighted by atomic mass is 10.0. The number of carbonyl (C=O) groups excluding carboxylic acids is 1. The highest BCUT2D eigenvalue weighted by molar-refractivity contribution is 5.78. The minimum atomic E-state index is -0.0821. The van der Waals surface area contributed by atoms with E-state index in [9.17, 15) is 4.79 Å². The predicted octanol–water partition coefficient (Wildman–Crippen LogP) is 1.02. The summed E-state index contributed by atoms with van der Waals surface area (Å²) < 4.78 is 0. The second-order valence-electron chi connectivity index (χ2n) is 5.56. The van der Waals surface area contributed by atoms with Gasteiger partial charge in [-0.2, -0.15) is 0 Å². The van der Waals surface area contributed by atoms with Crippen molar-refractivity contribution in [3.8, 4) is 0 Å². The summed E-state index contributed by atoms with van der Waals surface area (Å²) in [6.07, 6.45) is 4.00. The van der Waals surface area contributed by atoms with Gasteiger partial charge >= 0.3 is 0 Å². The fourth-order valence-electron chi connectivity index (χ4n) is 2.83. The van der Waals surface area contributed by atoms with Crippen LogP contribution in [-0.4, -0.2) is 53.4 Å². The lowest BCUT2D eigenvalue weighted by molar-refractivity contribution is -0.131. The van der Waals surface area contributed by atoms with Gasteiger partial charge in [0.1, 0.15) is 0 Å². The van der Waals surface area contributed by atoms with E-state index in [-0.39, 0.29) is 18.0 Å². The molecule has 1 aliphatic rings. The van der Waals surface area contributed by atoms with Gasteiger partial charge in [-0.1, -0.05) is 6.07 Å². The summed E-state index contributed by atoms with van der Waals surface area (Å²) in [6, 6.07) is 5.68. The molecule has 5 heteroatoms. The van der Waals surface area contributed by atoms with Gasteiger partial charge in [0, 0.05) is 25.3 Å². The third-order valence-electron chi connectivity index (χ3n) is 3.81. The number of hydrogen-bond donors (Lipinski definition) is 1. The molecular formula is C15H24N4O. The number of pyridine rings is 1. The molecule has 1 amide bonds. The normalized spacial score (nSPS) is 18.3. The van der Waals surface area contributed by atoms with Crippen molar-refractivity contribution in [2.45, 2.75) is 31.8 Å². The van der Waals surface area contributed by atoms with Gasteiger partial charge in [0.15, 0.2) is 0 Å².